The Bertz CT molecular complexity index is 732. The highest BCUT2D eigenvalue weighted by Crippen LogP contribution is 2.20. The van der Waals surface area contributed by atoms with Crippen molar-refractivity contribution in [2.45, 2.75) is 63.5 Å². The monoisotopic (exact) mass is 523 g/mol. The molecule has 0 heterocycles. The molecule has 1 aliphatic carbocycles. The van der Waals surface area contributed by atoms with Gasteiger partial charge in [0.15, 0.2) is 15.8 Å². The Morgan fingerprint density at radius 1 is 1.25 bits per heavy atom. The predicted octanol–water partition coefficient (Wildman–Crippen LogP) is 3.42. The molecule has 0 bridgehead atoms. The van der Waals surface area contributed by atoms with Gasteiger partial charge in [0, 0.05) is 26.0 Å². The van der Waals surface area contributed by atoms with Gasteiger partial charge in [0.2, 0.25) is 0 Å². The summed E-state index contributed by atoms with van der Waals surface area (Å²) in [6, 6.07) is 5.38. The molecule has 0 amide bonds. The van der Waals surface area contributed by atoms with Crippen LogP contribution in [0.15, 0.2) is 28.1 Å². The van der Waals surface area contributed by atoms with Crippen LogP contribution < -0.4 is 10.6 Å². The maximum atomic E-state index is 11.7. The molecular weight excluding hydrogens is 489 g/mol. The number of nitrogens with one attached hydrogen (secondary N) is 2. The molecule has 0 aliphatic heterocycles. The van der Waals surface area contributed by atoms with Crippen molar-refractivity contribution >= 4 is 39.8 Å². The van der Waals surface area contributed by atoms with Gasteiger partial charge in [-0.15, -0.1) is 24.0 Å². The highest BCUT2D eigenvalue weighted by atomic mass is 127. The molecule has 1 aromatic carbocycles. The van der Waals surface area contributed by atoms with Gasteiger partial charge in [-0.05, 0) is 50.3 Å². The van der Waals surface area contributed by atoms with E-state index in [2.05, 4.69) is 15.6 Å². The van der Waals surface area contributed by atoms with Crippen LogP contribution in [0, 0.1) is 6.92 Å². The van der Waals surface area contributed by atoms with Crippen molar-refractivity contribution in [1.29, 1.82) is 0 Å². The van der Waals surface area contributed by atoms with E-state index in [4.69, 9.17) is 4.74 Å². The number of hydrogen-bond acceptors (Lipinski definition) is 4. The quantitative estimate of drug-likeness (QED) is 0.225. The lowest BCUT2D eigenvalue weighted by atomic mass is 10.1. The van der Waals surface area contributed by atoms with E-state index in [-0.39, 0.29) is 24.0 Å². The first-order valence-corrected chi connectivity index (χ1v) is 11.7. The van der Waals surface area contributed by atoms with Crippen LogP contribution in [0.5, 0.6) is 0 Å². The third-order valence-corrected chi connectivity index (χ3v) is 5.93. The van der Waals surface area contributed by atoms with Crippen molar-refractivity contribution in [3.8, 4) is 0 Å². The van der Waals surface area contributed by atoms with Crippen molar-refractivity contribution in [3.05, 3.63) is 29.3 Å². The third-order valence-electron chi connectivity index (χ3n) is 4.67. The van der Waals surface area contributed by atoms with E-state index >= 15 is 0 Å². The lowest BCUT2D eigenvalue weighted by Crippen LogP contribution is -2.38. The summed E-state index contributed by atoms with van der Waals surface area (Å²) >= 11 is 0. The second-order valence-electron chi connectivity index (χ2n) is 7.12. The number of ether oxygens (including phenoxy) is 1. The van der Waals surface area contributed by atoms with Crippen LogP contribution in [0.25, 0.3) is 0 Å². The van der Waals surface area contributed by atoms with Crippen LogP contribution in [0.1, 0.15) is 50.2 Å². The number of rotatable bonds is 9. The Hall–Kier alpha value is -0.870. The fourth-order valence-electron chi connectivity index (χ4n) is 3.32. The molecule has 1 saturated carbocycles. The Balaban J connectivity index is 0.00000392. The van der Waals surface area contributed by atoms with Gasteiger partial charge >= 0.3 is 0 Å². The zero-order valence-corrected chi connectivity index (χ0v) is 20.3. The molecule has 160 valence electrons. The summed E-state index contributed by atoms with van der Waals surface area (Å²) in [5.41, 5.74) is 1.74. The summed E-state index contributed by atoms with van der Waals surface area (Å²) in [6.07, 6.45) is 7.64. The molecule has 0 unspecified atom stereocenters. The van der Waals surface area contributed by atoms with Crippen LogP contribution in [0.3, 0.4) is 0 Å². The number of halogens is 1. The Morgan fingerprint density at radius 3 is 2.57 bits per heavy atom. The molecule has 0 aromatic heterocycles. The molecule has 0 atom stereocenters. The number of sulfone groups is 1. The molecule has 0 radical (unpaired) electrons. The Kier molecular flexibility index (Phi) is 11.4. The van der Waals surface area contributed by atoms with Crippen LogP contribution in [0.2, 0.25) is 0 Å². The number of hydrogen-bond donors (Lipinski definition) is 2. The third kappa shape index (κ3) is 8.65. The smallest absolute Gasteiger partial charge is 0.191 e. The van der Waals surface area contributed by atoms with Gasteiger partial charge in [-0.2, -0.15) is 0 Å². The number of aliphatic imine (C=N–C) groups is 1. The van der Waals surface area contributed by atoms with Gasteiger partial charge in [0.1, 0.15) is 0 Å². The first kappa shape index (κ1) is 25.2. The highest BCUT2D eigenvalue weighted by Gasteiger charge is 2.14. The van der Waals surface area contributed by atoms with Crippen molar-refractivity contribution in [3.63, 3.8) is 0 Å². The number of nitrogens with zero attached hydrogens (tertiary/aromatic N) is 1. The molecular formula is C20H34IN3O3S. The largest absolute Gasteiger partial charge is 0.378 e. The molecule has 6 nitrogen and oxygen atoms in total. The van der Waals surface area contributed by atoms with Crippen molar-refractivity contribution in [1.82, 2.24) is 10.6 Å². The van der Waals surface area contributed by atoms with E-state index in [9.17, 15) is 8.42 Å². The Labute approximate surface area is 186 Å². The summed E-state index contributed by atoms with van der Waals surface area (Å²) in [5, 5.41) is 6.57. The molecule has 1 fully saturated rings. The maximum absolute atomic E-state index is 11.7. The van der Waals surface area contributed by atoms with Crippen molar-refractivity contribution < 1.29 is 13.2 Å². The van der Waals surface area contributed by atoms with Gasteiger partial charge in [0.05, 0.1) is 17.5 Å². The molecule has 0 spiro atoms. The average Bonchev–Trinajstić information content (AvgIpc) is 3.11. The van der Waals surface area contributed by atoms with Crippen LogP contribution in [-0.2, 0) is 21.1 Å². The minimum absolute atomic E-state index is 0. The lowest BCUT2D eigenvalue weighted by Gasteiger charge is -2.13. The highest BCUT2D eigenvalue weighted by molar-refractivity contribution is 14.0. The van der Waals surface area contributed by atoms with Gasteiger partial charge in [-0.3, -0.25) is 0 Å². The molecule has 1 aliphatic rings. The molecule has 8 heteroatoms. The summed E-state index contributed by atoms with van der Waals surface area (Å²) in [7, 11) is -3.19. The van der Waals surface area contributed by atoms with E-state index in [0.29, 0.717) is 17.5 Å². The van der Waals surface area contributed by atoms with Gasteiger partial charge in [-0.1, -0.05) is 25.0 Å². The lowest BCUT2D eigenvalue weighted by molar-refractivity contribution is 0.0574. The van der Waals surface area contributed by atoms with Crippen LogP contribution >= 0.6 is 24.0 Å². The molecule has 2 rings (SSSR count). The van der Waals surface area contributed by atoms with Crippen molar-refractivity contribution in [2.24, 2.45) is 4.99 Å². The van der Waals surface area contributed by atoms with Crippen LogP contribution in [-0.4, -0.2) is 46.4 Å². The predicted molar refractivity (Wildman–Crippen MR) is 125 cm³/mol. The van der Waals surface area contributed by atoms with E-state index in [1.165, 1.54) is 31.9 Å². The SMILES string of the molecule is CCNC(=NCc1ccc(S(C)(=O)=O)c(C)c1)NCCCOC1CCCC1.I. The fourth-order valence-corrected chi connectivity index (χ4v) is 4.28. The summed E-state index contributed by atoms with van der Waals surface area (Å²) in [4.78, 5) is 4.97. The van der Waals surface area contributed by atoms with Gasteiger partial charge in [-0.25, -0.2) is 13.4 Å². The number of guanidine groups is 1. The maximum Gasteiger partial charge on any atom is 0.191 e. The van der Waals surface area contributed by atoms with E-state index < -0.39 is 9.84 Å². The van der Waals surface area contributed by atoms with Crippen LogP contribution in [0.4, 0.5) is 0 Å². The van der Waals surface area contributed by atoms with E-state index in [1.54, 1.807) is 6.07 Å². The summed E-state index contributed by atoms with van der Waals surface area (Å²) in [5.74, 6) is 0.767. The first-order valence-electron chi connectivity index (χ1n) is 9.83. The average molecular weight is 523 g/mol. The van der Waals surface area contributed by atoms with Gasteiger partial charge < -0.3 is 15.4 Å². The molecule has 1 aromatic rings. The van der Waals surface area contributed by atoms with E-state index in [1.807, 2.05) is 26.0 Å². The summed E-state index contributed by atoms with van der Waals surface area (Å²) in [6.45, 7) is 6.73. The standard InChI is InChI=1S/C20H33N3O3S.HI/c1-4-21-20(22-12-7-13-26-18-8-5-6-9-18)23-15-17-10-11-19(16(2)14-17)27(3,24)25;/h10-11,14,18H,4-9,12-13,15H2,1-3H3,(H2,21,22,23);1H. The summed E-state index contributed by atoms with van der Waals surface area (Å²) < 4.78 is 29.3. The molecule has 0 saturated heterocycles. The second kappa shape index (κ2) is 12.6. The van der Waals surface area contributed by atoms with E-state index in [0.717, 1.165) is 43.2 Å². The topological polar surface area (TPSA) is 79.8 Å². The number of aryl methyl sites for hydroxylation is 1. The normalized spacial score (nSPS) is 15.3. The van der Waals surface area contributed by atoms with Crippen molar-refractivity contribution in [2.75, 3.05) is 26.0 Å². The minimum atomic E-state index is -3.19. The first-order chi connectivity index (χ1) is 12.9. The zero-order valence-electron chi connectivity index (χ0n) is 17.2. The number of benzene rings is 1. The zero-order chi connectivity index (χ0) is 19.7. The minimum Gasteiger partial charge on any atom is -0.378 e. The second-order valence-corrected chi connectivity index (χ2v) is 9.11. The molecule has 2 N–H and O–H groups in total. The van der Waals surface area contributed by atoms with Gasteiger partial charge in [0.25, 0.3) is 0 Å². The fraction of sp³-hybridized carbons (Fsp3) is 0.650. The molecule has 28 heavy (non-hydrogen) atoms. The Morgan fingerprint density at radius 2 is 1.96 bits per heavy atom.